The highest BCUT2D eigenvalue weighted by Crippen LogP contribution is 2.26. The van der Waals surface area contributed by atoms with Crippen LogP contribution in [0.4, 0.5) is 10.5 Å². The van der Waals surface area contributed by atoms with E-state index in [4.69, 9.17) is 0 Å². The average Bonchev–Trinajstić information content (AvgIpc) is 2.97. The molecule has 116 valence electrons. The fourth-order valence-corrected chi connectivity index (χ4v) is 3.35. The molecule has 5 heteroatoms. The van der Waals surface area contributed by atoms with Crippen molar-refractivity contribution in [2.75, 3.05) is 25.0 Å². The van der Waals surface area contributed by atoms with Crippen molar-refractivity contribution in [2.24, 2.45) is 0 Å². The number of rotatable bonds is 5. The third-order valence-electron chi connectivity index (χ3n) is 4.11. The fourth-order valence-electron chi connectivity index (χ4n) is 2.64. The lowest BCUT2D eigenvalue weighted by Crippen LogP contribution is -2.45. The quantitative estimate of drug-likeness (QED) is 0.885. The summed E-state index contributed by atoms with van der Waals surface area (Å²) in [5, 5.41) is 10.2. The normalized spacial score (nSPS) is 15.9. The molecule has 1 saturated heterocycles. The number of likely N-dealkylation sites (tertiary alicyclic amines) is 1. The molecule has 2 N–H and O–H groups in total. The van der Waals surface area contributed by atoms with Crippen molar-refractivity contribution in [3.63, 3.8) is 0 Å². The van der Waals surface area contributed by atoms with Crippen LogP contribution in [0.25, 0.3) is 0 Å². The maximum atomic E-state index is 12.1. The van der Waals surface area contributed by atoms with Gasteiger partial charge in [0.2, 0.25) is 0 Å². The highest BCUT2D eigenvalue weighted by Gasteiger charge is 2.25. The summed E-state index contributed by atoms with van der Waals surface area (Å²) in [6, 6.07) is 10.1. The largest absolute Gasteiger partial charge is 0.336 e. The molecule has 1 aromatic carbocycles. The predicted molar refractivity (Wildman–Crippen MR) is 91.5 cm³/mol. The van der Waals surface area contributed by atoms with E-state index in [9.17, 15) is 4.79 Å². The van der Waals surface area contributed by atoms with E-state index in [1.165, 1.54) is 12.0 Å². The monoisotopic (exact) mass is 315 g/mol. The van der Waals surface area contributed by atoms with E-state index in [-0.39, 0.29) is 12.1 Å². The van der Waals surface area contributed by atoms with Gasteiger partial charge in [-0.25, -0.2) is 4.79 Å². The summed E-state index contributed by atoms with van der Waals surface area (Å²) >= 11 is 1.70. The van der Waals surface area contributed by atoms with E-state index in [0.29, 0.717) is 6.54 Å². The van der Waals surface area contributed by atoms with Crippen molar-refractivity contribution in [1.29, 1.82) is 0 Å². The molecule has 0 bridgehead atoms. The van der Waals surface area contributed by atoms with E-state index in [1.54, 1.807) is 11.3 Å². The van der Waals surface area contributed by atoms with E-state index >= 15 is 0 Å². The van der Waals surface area contributed by atoms with Crippen LogP contribution in [-0.4, -0.2) is 30.6 Å². The summed E-state index contributed by atoms with van der Waals surface area (Å²) in [7, 11) is 0. The Morgan fingerprint density at radius 3 is 2.77 bits per heavy atom. The summed E-state index contributed by atoms with van der Waals surface area (Å²) < 4.78 is 0. The number of para-hydroxylation sites is 1. The number of hydrogen-bond acceptors (Lipinski definition) is 3. The summed E-state index contributed by atoms with van der Waals surface area (Å²) in [5.41, 5.74) is 3.21. The zero-order valence-corrected chi connectivity index (χ0v) is 13.5. The first-order valence-electron chi connectivity index (χ1n) is 7.60. The van der Waals surface area contributed by atoms with Crippen LogP contribution in [0.15, 0.2) is 41.1 Å². The van der Waals surface area contributed by atoms with E-state index in [2.05, 4.69) is 32.4 Å². The number of hydrogen-bond donors (Lipinski definition) is 2. The van der Waals surface area contributed by atoms with Crippen molar-refractivity contribution >= 4 is 23.1 Å². The van der Waals surface area contributed by atoms with Gasteiger partial charge in [-0.15, -0.1) is 0 Å². The highest BCUT2D eigenvalue weighted by molar-refractivity contribution is 7.07. The zero-order chi connectivity index (χ0) is 15.4. The molecule has 0 aliphatic carbocycles. The number of benzene rings is 1. The van der Waals surface area contributed by atoms with Gasteiger partial charge in [0.15, 0.2) is 0 Å². The topological polar surface area (TPSA) is 44.4 Å². The van der Waals surface area contributed by atoms with Crippen molar-refractivity contribution in [2.45, 2.75) is 19.4 Å². The molecule has 1 unspecified atom stereocenters. The zero-order valence-electron chi connectivity index (χ0n) is 12.7. The molecular formula is C17H21N3OS. The van der Waals surface area contributed by atoms with Gasteiger partial charge in [-0.05, 0) is 47.4 Å². The number of amides is 2. The molecule has 1 aliphatic heterocycles. The molecule has 1 fully saturated rings. The molecule has 0 saturated carbocycles. The van der Waals surface area contributed by atoms with Crippen LogP contribution >= 0.6 is 11.3 Å². The molecular weight excluding hydrogens is 294 g/mol. The standard InChI is InChI=1S/C17H21N3OS/c1-13-5-2-3-6-15(13)19-17(21)18-11-16(20-8-4-9-20)14-7-10-22-12-14/h2-3,5-7,10,12,16H,4,8-9,11H2,1H3,(H2,18,19,21). The number of carbonyl (C=O) groups excluding carboxylic acids is 1. The van der Waals surface area contributed by atoms with Crippen LogP contribution in [0.3, 0.4) is 0 Å². The van der Waals surface area contributed by atoms with Gasteiger partial charge in [0.25, 0.3) is 0 Å². The van der Waals surface area contributed by atoms with E-state index < -0.39 is 0 Å². The van der Waals surface area contributed by atoms with Crippen LogP contribution in [0.5, 0.6) is 0 Å². The SMILES string of the molecule is Cc1ccccc1NC(=O)NCC(c1ccsc1)N1CCC1. The van der Waals surface area contributed by atoms with Gasteiger partial charge in [0.05, 0.1) is 6.04 Å². The summed E-state index contributed by atoms with van der Waals surface area (Å²) in [4.78, 5) is 14.5. The smallest absolute Gasteiger partial charge is 0.319 e. The number of nitrogens with zero attached hydrogens (tertiary/aromatic N) is 1. The van der Waals surface area contributed by atoms with Crippen molar-refractivity contribution in [3.05, 3.63) is 52.2 Å². The minimum Gasteiger partial charge on any atom is -0.336 e. The van der Waals surface area contributed by atoms with Gasteiger partial charge in [-0.3, -0.25) is 4.90 Å². The van der Waals surface area contributed by atoms with Crippen molar-refractivity contribution in [1.82, 2.24) is 10.2 Å². The summed E-state index contributed by atoms with van der Waals surface area (Å²) in [5.74, 6) is 0. The van der Waals surface area contributed by atoms with Gasteiger partial charge in [0.1, 0.15) is 0 Å². The van der Waals surface area contributed by atoms with Crippen LogP contribution in [-0.2, 0) is 0 Å². The third-order valence-corrected chi connectivity index (χ3v) is 4.81. The van der Waals surface area contributed by atoms with E-state index in [0.717, 1.165) is 24.3 Å². The Balaban J connectivity index is 1.58. The maximum absolute atomic E-state index is 12.1. The fraction of sp³-hybridized carbons (Fsp3) is 0.353. The Morgan fingerprint density at radius 1 is 1.32 bits per heavy atom. The summed E-state index contributed by atoms with van der Waals surface area (Å²) in [6.07, 6.45) is 1.25. The Bertz CT molecular complexity index is 623. The van der Waals surface area contributed by atoms with Crippen molar-refractivity contribution in [3.8, 4) is 0 Å². The second kappa shape index (κ2) is 6.94. The maximum Gasteiger partial charge on any atom is 0.319 e. The molecule has 0 radical (unpaired) electrons. The molecule has 1 atom stereocenters. The molecule has 22 heavy (non-hydrogen) atoms. The number of aryl methyl sites for hydroxylation is 1. The molecule has 2 heterocycles. The molecule has 2 amide bonds. The number of urea groups is 1. The van der Waals surface area contributed by atoms with E-state index in [1.807, 2.05) is 31.2 Å². The van der Waals surface area contributed by atoms with Crippen LogP contribution < -0.4 is 10.6 Å². The van der Waals surface area contributed by atoms with Gasteiger partial charge < -0.3 is 10.6 Å². The molecule has 0 spiro atoms. The minimum atomic E-state index is -0.143. The van der Waals surface area contributed by atoms with Crippen LogP contribution in [0.1, 0.15) is 23.6 Å². The molecule has 3 rings (SSSR count). The minimum absolute atomic E-state index is 0.143. The predicted octanol–water partition coefficient (Wildman–Crippen LogP) is 3.63. The lowest BCUT2D eigenvalue weighted by atomic mass is 10.0. The summed E-state index contributed by atoms with van der Waals surface area (Å²) in [6.45, 7) is 4.85. The molecule has 4 nitrogen and oxygen atoms in total. The number of thiophene rings is 1. The second-order valence-electron chi connectivity index (χ2n) is 5.61. The second-order valence-corrected chi connectivity index (χ2v) is 6.39. The van der Waals surface area contributed by atoms with Gasteiger partial charge in [-0.1, -0.05) is 18.2 Å². The molecule has 2 aromatic rings. The molecule has 1 aliphatic rings. The first-order chi connectivity index (χ1) is 10.7. The van der Waals surface area contributed by atoms with Crippen molar-refractivity contribution < 1.29 is 4.79 Å². The lowest BCUT2D eigenvalue weighted by Gasteiger charge is -2.38. The third kappa shape index (κ3) is 3.48. The molecule has 1 aromatic heterocycles. The Hall–Kier alpha value is -1.85. The Labute approximate surface area is 135 Å². The Morgan fingerprint density at radius 2 is 2.14 bits per heavy atom. The van der Waals surface area contributed by atoms with Crippen LogP contribution in [0, 0.1) is 6.92 Å². The average molecular weight is 315 g/mol. The first-order valence-corrected chi connectivity index (χ1v) is 8.55. The van der Waals surface area contributed by atoms with Gasteiger partial charge in [-0.2, -0.15) is 11.3 Å². The number of carbonyl (C=O) groups is 1. The van der Waals surface area contributed by atoms with Gasteiger partial charge >= 0.3 is 6.03 Å². The lowest BCUT2D eigenvalue weighted by molar-refractivity contribution is 0.118. The highest BCUT2D eigenvalue weighted by atomic mass is 32.1. The van der Waals surface area contributed by atoms with Crippen LogP contribution in [0.2, 0.25) is 0 Å². The van der Waals surface area contributed by atoms with Gasteiger partial charge in [0, 0.05) is 25.3 Å². The first kappa shape index (κ1) is 15.1. The number of anilines is 1. The Kier molecular flexibility index (Phi) is 4.75. The number of nitrogens with one attached hydrogen (secondary N) is 2.